The molecule has 114 valence electrons. The average Bonchev–Trinajstić information content (AvgIpc) is 2.60. The minimum absolute atomic E-state index is 0.636. The first-order chi connectivity index (χ1) is 9.13. The van der Waals surface area contributed by atoms with Crippen LogP contribution < -0.4 is 5.32 Å². The molecule has 1 rings (SSSR count). The number of likely N-dealkylation sites (N-methyl/N-ethyl adjacent to an activating group) is 1. The molecular formula is C16H35N3. The molecule has 1 aliphatic rings. The molecule has 3 heteroatoms. The van der Waals surface area contributed by atoms with E-state index in [1.54, 1.807) is 0 Å². The average molecular weight is 269 g/mol. The van der Waals surface area contributed by atoms with Crippen molar-refractivity contribution >= 4 is 0 Å². The highest BCUT2D eigenvalue weighted by atomic mass is 15.3. The normalized spacial score (nSPS) is 26.1. The van der Waals surface area contributed by atoms with E-state index in [-0.39, 0.29) is 0 Å². The molecule has 1 fully saturated rings. The van der Waals surface area contributed by atoms with E-state index in [4.69, 9.17) is 0 Å². The summed E-state index contributed by atoms with van der Waals surface area (Å²) < 4.78 is 0. The fourth-order valence-corrected chi connectivity index (χ4v) is 3.38. The first-order valence-corrected chi connectivity index (χ1v) is 8.31. The molecule has 1 heterocycles. The summed E-state index contributed by atoms with van der Waals surface area (Å²) in [6.07, 6.45) is 5.02. The Labute approximate surface area is 120 Å². The topological polar surface area (TPSA) is 18.5 Å². The highest BCUT2D eigenvalue weighted by Gasteiger charge is 2.29. The van der Waals surface area contributed by atoms with E-state index in [9.17, 15) is 0 Å². The molecule has 0 aromatic rings. The fraction of sp³-hybridized carbons (Fsp3) is 1.00. The highest BCUT2D eigenvalue weighted by molar-refractivity contribution is 4.87. The van der Waals surface area contributed by atoms with Crippen LogP contribution in [0.5, 0.6) is 0 Å². The lowest BCUT2D eigenvalue weighted by Crippen LogP contribution is -2.53. The molecule has 3 unspecified atom stereocenters. The maximum Gasteiger partial charge on any atom is 0.0224 e. The lowest BCUT2D eigenvalue weighted by molar-refractivity contribution is 0.109. The van der Waals surface area contributed by atoms with E-state index >= 15 is 0 Å². The highest BCUT2D eigenvalue weighted by Crippen LogP contribution is 2.18. The maximum absolute atomic E-state index is 3.74. The summed E-state index contributed by atoms with van der Waals surface area (Å²) in [5.41, 5.74) is 0. The van der Waals surface area contributed by atoms with Gasteiger partial charge < -0.3 is 10.2 Å². The lowest BCUT2D eigenvalue weighted by Gasteiger charge is -2.39. The Hall–Kier alpha value is -0.120. The minimum Gasteiger partial charge on any atom is -0.312 e. The second-order valence-corrected chi connectivity index (χ2v) is 6.13. The van der Waals surface area contributed by atoms with Gasteiger partial charge in [0.15, 0.2) is 0 Å². The molecular weight excluding hydrogens is 234 g/mol. The van der Waals surface area contributed by atoms with E-state index in [1.165, 1.54) is 45.3 Å². The molecule has 0 saturated carbocycles. The molecule has 0 aliphatic carbocycles. The van der Waals surface area contributed by atoms with Crippen LogP contribution >= 0.6 is 0 Å². The third kappa shape index (κ3) is 5.05. The molecule has 3 atom stereocenters. The van der Waals surface area contributed by atoms with E-state index in [1.807, 2.05) is 0 Å². The van der Waals surface area contributed by atoms with Crippen LogP contribution in [0.4, 0.5) is 0 Å². The van der Waals surface area contributed by atoms with Crippen LogP contribution in [0.2, 0.25) is 0 Å². The summed E-state index contributed by atoms with van der Waals surface area (Å²) in [5.74, 6) is 0. The summed E-state index contributed by atoms with van der Waals surface area (Å²) in [4.78, 5) is 5.27. The van der Waals surface area contributed by atoms with Gasteiger partial charge >= 0.3 is 0 Å². The van der Waals surface area contributed by atoms with Crippen LogP contribution in [0.3, 0.4) is 0 Å². The van der Waals surface area contributed by atoms with Crippen molar-refractivity contribution in [2.75, 3.05) is 33.2 Å². The number of rotatable bonds is 7. The van der Waals surface area contributed by atoms with Gasteiger partial charge in [-0.1, -0.05) is 20.8 Å². The molecule has 0 radical (unpaired) electrons. The van der Waals surface area contributed by atoms with Gasteiger partial charge in [-0.25, -0.2) is 0 Å². The summed E-state index contributed by atoms with van der Waals surface area (Å²) in [7, 11) is 2.27. The van der Waals surface area contributed by atoms with Gasteiger partial charge in [-0.15, -0.1) is 0 Å². The van der Waals surface area contributed by atoms with E-state index < -0.39 is 0 Å². The van der Waals surface area contributed by atoms with Crippen molar-refractivity contribution in [3.05, 3.63) is 0 Å². The van der Waals surface area contributed by atoms with Crippen LogP contribution in [-0.4, -0.2) is 61.2 Å². The molecule has 0 aromatic carbocycles. The van der Waals surface area contributed by atoms with Crippen molar-refractivity contribution in [3.8, 4) is 0 Å². The van der Waals surface area contributed by atoms with Gasteiger partial charge in [0, 0.05) is 31.2 Å². The summed E-state index contributed by atoms with van der Waals surface area (Å²) in [6.45, 7) is 14.2. The van der Waals surface area contributed by atoms with Crippen molar-refractivity contribution in [1.29, 1.82) is 0 Å². The predicted molar refractivity (Wildman–Crippen MR) is 84.7 cm³/mol. The number of hydrogen-bond acceptors (Lipinski definition) is 3. The van der Waals surface area contributed by atoms with Gasteiger partial charge in [-0.3, -0.25) is 4.90 Å². The quantitative estimate of drug-likeness (QED) is 0.766. The summed E-state index contributed by atoms with van der Waals surface area (Å²) in [6, 6.07) is 2.00. The standard InChI is InChI=1S/C16H35N3/c1-6-10-17-16(8-3)14(4)19-12-9-11-18(5)13-15(19)7-2/h14-17H,6-13H2,1-5H3. The molecule has 19 heavy (non-hydrogen) atoms. The van der Waals surface area contributed by atoms with Crippen molar-refractivity contribution in [2.45, 2.75) is 71.5 Å². The Morgan fingerprint density at radius 1 is 1.21 bits per heavy atom. The zero-order chi connectivity index (χ0) is 14.3. The van der Waals surface area contributed by atoms with E-state index in [2.05, 4.69) is 49.9 Å². The Morgan fingerprint density at radius 2 is 1.95 bits per heavy atom. The zero-order valence-corrected chi connectivity index (χ0v) is 13.8. The number of nitrogens with zero attached hydrogens (tertiary/aromatic N) is 2. The molecule has 3 nitrogen and oxygen atoms in total. The monoisotopic (exact) mass is 269 g/mol. The Kier molecular flexibility index (Phi) is 7.96. The van der Waals surface area contributed by atoms with Crippen molar-refractivity contribution < 1.29 is 0 Å². The Morgan fingerprint density at radius 3 is 2.53 bits per heavy atom. The van der Waals surface area contributed by atoms with Gasteiger partial charge in [0.2, 0.25) is 0 Å². The Balaban J connectivity index is 2.66. The zero-order valence-electron chi connectivity index (χ0n) is 13.8. The first kappa shape index (κ1) is 16.9. The minimum atomic E-state index is 0.636. The Bertz CT molecular complexity index is 232. The van der Waals surface area contributed by atoms with Gasteiger partial charge in [0.1, 0.15) is 0 Å². The van der Waals surface area contributed by atoms with Crippen LogP contribution in [0.15, 0.2) is 0 Å². The van der Waals surface area contributed by atoms with E-state index in [0.717, 1.165) is 12.6 Å². The van der Waals surface area contributed by atoms with Crippen LogP contribution in [0.1, 0.15) is 53.4 Å². The fourth-order valence-electron chi connectivity index (χ4n) is 3.38. The van der Waals surface area contributed by atoms with Crippen LogP contribution in [0.25, 0.3) is 0 Å². The maximum atomic E-state index is 3.74. The predicted octanol–water partition coefficient (Wildman–Crippen LogP) is 2.57. The second-order valence-electron chi connectivity index (χ2n) is 6.13. The molecule has 1 N–H and O–H groups in total. The molecule has 0 spiro atoms. The van der Waals surface area contributed by atoms with Crippen molar-refractivity contribution in [3.63, 3.8) is 0 Å². The SMILES string of the molecule is CCCNC(CC)C(C)N1CCCN(C)CC1CC. The molecule has 1 saturated heterocycles. The molecule has 0 bridgehead atoms. The van der Waals surface area contributed by atoms with Gasteiger partial charge in [-0.05, 0) is 52.7 Å². The third-order valence-electron chi connectivity index (χ3n) is 4.62. The van der Waals surface area contributed by atoms with Gasteiger partial charge in [0.05, 0.1) is 0 Å². The molecule has 0 aromatic heterocycles. The molecule has 1 aliphatic heterocycles. The summed E-state index contributed by atoms with van der Waals surface area (Å²) in [5, 5.41) is 3.74. The van der Waals surface area contributed by atoms with Crippen LogP contribution in [-0.2, 0) is 0 Å². The third-order valence-corrected chi connectivity index (χ3v) is 4.62. The van der Waals surface area contributed by atoms with Crippen molar-refractivity contribution in [1.82, 2.24) is 15.1 Å². The lowest BCUT2D eigenvalue weighted by atomic mass is 10.0. The smallest absolute Gasteiger partial charge is 0.0224 e. The van der Waals surface area contributed by atoms with Gasteiger partial charge in [-0.2, -0.15) is 0 Å². The van der Waals surface area contributed by atoms with Crippen molar-refractivity contribution in [2.24, 2.45) is 0 Å². The number of hydrogen-bond donors (Lipinski definition) is 1. The first-order valence-electron chi connectivity index (χ1n) is 8.31. The second kappa shape index (κ2) is 8.93. The molecule has 0 amide bonds. The van der Waals surface area contributed by atoms with E-state index in [0.29, 0.717) is 12.1 Å². The number of nitrogens with one attached hydrogen (secondary N) is 1. The largest absolute Gasteiger partial charge is 0.312 e. The summed E-state index contributed by atoms with van der Waals surface area (Å²) >= 11 is 0. The van der Waals surface area contributed by atoms with Crippen LogP contribution in [0, 0.1) is 0 Å². The van der Waals surface area contributed by atoms with Gasteiger partial charge in [0.25, 0.3) is 0 Å².